The Morgan fingerprint density at radius 3 is 1.62 bits per heavy atom. The van der Waals surface area contributed by atoms with Gasteiger partial charge in [0.15, 0.2) is 49.2 Å². The Morgan fingerprint density at radius 2 is 1.06 bits per heavy atom. The summed E-state index contributed by atoms with van der Waals surface area (Å²) in [5, 5.41) is 8.66. The molecule has 6 unspecified atom stereocenters. The minimum atomic E-state index is -3.08. The molecular weight excluding hydrogens is 1180 g/mol. The SMILES string of the molecule is CCC=O.CCCN1CCS(=O)(=O)CC1C(=O)OC.COC(=O)C1CS(=O)(=O)CCN1.COC(=O)C1CS(=O)(=O)CCN1C.COC(=O)C1CSCCN1C.O=C1NCCN2CCS(=O)(=O)CC12.O=S1(=O)CCN2CCNCC2C1. The van der Waals surface area contributed by atoms with Gasteiger partial charge in [-0.2, -0.15) is 11.8 Å². The van der Waals surface area contributed by atoms with Crippen molar-refractivity contribution in [2.75, 3.05) is 190 Å². The van der Waals surface area contributed by atoms with Crippen molar-refractivity contribution >= 4 is 97.0 Å². The van der Waals surface area contributed by atoms with Gasteiger partial charge in [-0.1, -0.05) is 13.8 Å². The topological polar surface area (TPSA) is 362 Å². The maximum Gasteiger partial charge on any atom is 0.324 e. The summed E-state index contributed by atoms with van der Waals surface area (Å²) in [6.45, 7) is 12.1. The van der Waals surface area contributed by atoms with E-state index in [4.69, 9.17) is 0 Å². The minimum absolute atomic E-state index is 0.0150. The number of piperazine rings is 2. The molecule has 8 aliphatic rings. The number of aldehydes is 1. The van der Waals surface area contributed by atoms with Crippen LogP contribution in [0.1, 0.15) is 26.7 Å². The van der Waals surface area contributed by atoms with Gasteiger partial charge < -0.3 is 39.7 Å². The Balaban J connectivity index is 0.000000324. The van der Waals surface area contributed by atoms with Crippen LogP contribution in [0.25, 0.3) is 0 Å². The predicted molar refractivity (Wildman–Crippen MR) is 302 cm³/mol. The third-order valence-electron chi connectivity index (χ3n) is 13.6. The number of carbonyl (C=O) groups is 6. The van der Waals surface area contributed by atoms with Crippen LogP contribution >= 0.6 is 11.8 Å². The monoisotopic (exact) mass is 1260 g/mol. The van der Waals surface area contributed by atoms with Gasteiger partial charge in [-0.05, 0) is 27.1 Å². The Morgan fingerprint density at radius 1 is 0.575 bits per heavy atom. The van der Waals surface area contributed by atoms with Crippen molar-refractivity contribution < 1.29 is 89.8 Å². The van der Waals surface area contributed by atoms with Crippen molar-refractivity contribution in [2.45, 2.75) is 62.9 Å². The molecule has 0 aromatic rings. The maximum absolute atomic E-state index is 11.4. The van der Waals surface area contributed by atoms with E-state index < -0.39 is 91.3 Å². The molecule has 0 aliphatic carbocycles. The first kappa shape index (κ1) is 72.9. The van der Waals surface area contributed by atoms with Gasteiger partial charge >= 0.3 is 23.9 Å². The third-order valence-corrected chi connectivity index (χ3v) is 22.9. The molecule has 0 radical (unpaired) electrons. The summed E-state index contributed by atoms with van der Waals surface area (Å²) in [4.78, 5) is 74.9. The van der Waals surface area contributed by atoms with Gasteiger partial charge in [-0.15, -0.1) is 0 Å². The molecule has 0 aromatic carbocycles. The lowest BCUT2D eigenvalue weighted by atomic mass is 10.2. The Labute approximate surface area is 477 Å². The molecule has 8 aliphatic heterocycles. The van der Waals surface area contributed by atoms with E-state index in [0.29, 0.717) is 50.7 Å². The largest absolute Gasteiger partial charge is 0.468 e. The number of fused-ring (bicyclic) bond motifs is 2. The molecule has 466 valence electrons. The molecule has 8 saturated heterocycles. The molecule has 6 atom stereocenters. The van der Waals surface area contributed by atoms with Crippen LogP contribution in [-0.2, 0) is 96.9 Å². The van der Waals surface area contributed by atoms with Crippen molar-refractivity contribution in [1.82, 2.24) is 40.4 Å². The van der Waals surface area contributed by atoms with Gasteiger partial charge in [0.25, 0.3) is 0 Å². The summed E-state index contributed by atoms with van der Waals surface area (Å²) in [7, 11) is -6.01. The summed E-state index contributed by atoms with van der Waals surface area (Å²) in [6.07, 6.45) is 2.41. The van der Waals surface area contributed by atoms with Crippen molar-refractivity contribution in [2.24, 2.45) is 0 Å². The van der Waals surface area contributed by atoms with Crippen LogP contribution in [0.4, 0.5) is 0 Å². The quantitative estimate of drug-likeness (QED) is 0.122. The van der Waals surface area contributed by atoms with Crippen LogP contribution in [0.3, 0.4) is 0 Å². The zero-order chi connectivity index (χ0) is 60.5. The van der Waals surface area contributed by atoms with Crippen LogP contribution in [-0.4, -0.2) is 329 Å². The first-order valence-corrected chi connectivity index (χ1v) is 36.4. The Hall–Kier alpha value is -3.16. The summed E-state index contributed by atoms with van der Waals surface area (Å²) >= 11 is 1.81. The van der Waals surface area contributed by atoms with Gasteiger partial charge in [0.05, 0.1) is 86.0 Å². The van der Waals surface area contributed by atoms with Crippen LogP contribution in [0.15, 0.2) is 0 Å². The van der Waals surface area contributed by atoms with Crippen LogP contribution in [0.2, 0.25) is 0 Å². The minimum Gasteiger partial charge on any atom is -0.468 e. The number of likely N-dealkylation sites (N-methyl/N-ethyl adjacent to an activating group) is 2. The molecule has 0 bridgehead atoms. The van der Waals surface area contributed by atoms with Gasteiger partial charge in [0.1, 0.15) is 36.5 Å². The van der Waals surface area contributed by atoms with Crippen LogP contribution in [0.5, 0.6) is 0 Å². The molecule has 8 fully saturated rings. The predicted octanol–water partition coefficient (Wildman–Crippen LogP) is -5.19. The lowest BCUT2D eigenvalue weighted by Crippen LogP contribution is -2.61. The molecule has 0 aromatic heterocycles. The first-order chi connectivity index (χ1) is 37.4. The summed E-state index contributed by atoms with van der Waals surface area (Å²) in [5.74, 6) is 1.12. The highest BCUT2D eigenvalue weighted by atomic mass is 32.2. The second-order valence-corrected chi connectivity index (χ2v) is 31.9. The van der Waals surface area contributed by atoms with Crippen LogP contribution < -0.4 is 16.0 Å². The number of methoxy groups -OCH3 is 4. The summed E-state index contributed by atoms with van der Waals surface area (Å²) < 4.78 is 130. The number of esters is 4. The lowest BCUT2D eigenvalue weighted by Gasteiger charge is -2.39. The Kier molecular flexibility index (Phi) is 32.1. The second-order valence-electron chi connectivity index (χ2n) is 19.6. The average molecular weight is 1260 g/mol. The molecule has 0 spiro atoms. The van der Waals surface area contributed by atoms with E-state index in [9.17, 15) is 70.9 Å². The number of rotatable bonds is 7. The number of amides is 1. The molecule has 3 N–H and O–H groups in total. The molecule has 1 amide bonds. The molecule has 8 heterocycles. The molecule has 80 heavy (non-hydrogen) atoms. The fourth-order valence-corrected chi connectivity index (χ4v) is 17.6. The van der Waals surface area contributed by atoms with Crippen molar-refractivity contribution in [3.8, 4) is 0 Å². The molecule has 8 rings (SSSR count). The van der Waals surface area contributed by atoms with E-state index >= 15 is 0 Å². The summed E-state index contributed by atoms with van der Waals surface area (Å²) in [5.41, 5.74) is 0. The lowest BCUT2D eigenvalue weighted by molar-refractivity contribution is -0.146. The number of carbonyl (C=O) groups excluding carboxylic acids is 6. The van der Waals surface area contributed by atoms with Crippen molar-refractivity contribution in [3.05, 3.63) is 0 Å². The number of nitrogens with zero attached hydrogens (tertiary/aromatic N) is 5. The highest BCUT2D eigenvalue weighted by Gasteiger charge is 2.39. The molecule has 0 saturated carbocycles. The van der Waals surface area contributed by atoms with E-state index in [-0.39, 0.29) is 70.0 Å². The first-order valence-electron chi connectivity index (χ1n) is 26.1. The van der Waals surface area contributed by atoms with Gasteiger partial charge in [0.2, 0.25) is 5.91 Å². The maximum atomic E-state index is 11.4. The van der Waals surface area contributed by atoms with Crippen LogP contribution in [0, 0.1) is 0 Å². The highest BCUT2D eigenvalue weighted by molar-refractivity contribution is 7.99. The Bertz CT molecular complexity index is 2550. The number of nitrogens with one attached hydrogen (secondary N) is 3. The molecular formula is C46H86N8O20S6. The van der Waals surface area contributed by atoms with E-state index in [0.717, 1.165) is 70.0 Å². The number of ether oxygens (including phenoxy) is 4. The zero-order valence-electron chi connectivity index (χ0n) is 47.3. The third kappa shape index (κ3) is 26.2. The molecule has 34 heteroatoms. The normalized spacial score (nSPS) is 28.5. The zero-order valence-corrected chi connectivity index (χ0v) is 52.2. The number of hydrogen-bond acceptors (Lipinski definition) is 28. The van der Waals surface area contributed by atoms with Crippen molar-refractivity contribution in [1.29, 1.82) is 0 Å². The van der Waals surface area contributed by atoms with Gasteiger partial charge in [-0.25, -0.2) is 42.1 Å². The highest BCUT2D eigenvalue weighted by Crippen LogP contribution is 2.17. The number of thioether (sulfide) groups is 1. The fraction of sp³-hybridized carbons (Fsp3) is 0.870. The van der Waals surface area contributed by atoms with E-state index in [2.05, 4.69) is 39.8 Å². The smallest absolute Gasteiger partial charge is 0.324 e. The number of sulfone groups is 5. The van der Waals surface area contributed by atoms with E-state index in [1.54, 1.807) is 11.9 Å². The van der Waals surface area contributed by atoms with Gasteiger partial charge in [0, 0.05) is 96.0 Å². The molecule has 28 nitrogen and oxygen atoms in total. The van der Waals surface area contributed by atoms with Gasteiger partial charge in [-0.3, -0.25) is 48.5 Å². The second kappa shape index (κ2) is 35.2. The average Bonchev–Trinajstić information content (AvgIpc) is 3.41. The number of hydrogen-bond donors (Lipinski definition) is 3. The fourth-order valence-electron chi connectivity index (χ4n) is 8.86. The van der Waals surface area contributed by atoms with E-state index in [1.807, 2.05) is 47.4 Å². The van der Waals surface area contributed by atoms with Crippen molar-refractivity contribution in [3.63, 3.8) is 0 Å². The standard InChI is InChI=1S/C9H17NO4S.C7H12N2O3S.C7H14N2O2S.C7H13NO4S.C7H13NO2S.C6H11NO4S.C3H6O/c1-3-4-10-5-6-15(12,13)7-8(10)9(11)14-2;10-7-6-5-13(11,12)4-3-9(6)2-1-8-7;10-12(11)4-3-9-2-1-8-5-7(9)6-12;1-8-3-4-13(10,11)5-6(8)7(9)12-2;1-8-3-4-11-5-6(8)7(9)10-2;1-11-6(8)5-4-12(9,10)3-2-7-5;1-2-3-4/h8H,3-7H2,1-2H3;6H,1-5H2,(H,8,10);7-8H,1-6H2;6H,3-5H2,1-2H3;6H,3-5H2,1-2H3;5,7H,2-4H2,1H3;3H,2H2,1H3. The summed E-state index contributed by atoms with van der Waals surface area (Å²) in [6, 6.07) is -2.17. The van der Waals surface area contributed by atoms with E-state index in [1.165, 1.54) is 28.4 Å².